The maximum atomic E-state index is 14.7. The molecule has 17 nitrogen and oxygen atoms in total. The summed E-state index contributed by atoms with van der Waals surface area (Å²) in [6.45, 7) is 5.30. The third-order valence-electron chi connectivity index (χ3n) is 11.7. The van der Waals surface area contributed by atoms with Crippen molar-refractivity contribution in [1.29, 1.82) is 0 Å². The first-order chi connectivity index (χ1) is 28.7. The molecule has 0 aliphatic carbocycles. The minimum atomic E-state index is -1.64. The molecule has 0 radical (unpaired) electrons. The number of nitrogens with zero attached hydrogens (tertiary/aromatic N) is 3. The van der Waals surface area contributed by atoms with Crippen LogP contribution in [-0.2, 0) is 39.9 Å². The Hall–Kier alpha value is -6.01. The number of fused-ring (bicyclic) bond motifs is 4. The molecule has 5 aliphatic heterocycles. The van der Waals surface area contributed by atoms with Crippen molar-refractivity contribution >= 4 is 47.2 Å². The van der Waals surface area contributed by atoms with E-state index in [1.807, 2.05) is 6.92 Å². The third-order valence-corrected chi connectivity index (χ3v) is 11.7. The molecule has 0 spiro atoms. The van der Waals surface area contributed by atoms with Gasteiger partial charge in [-0.1, -0.05) is 6.92 Å². The van der Waals surface area contributed by atoms with Gasteiger partial charge in [-0.05, 0) is 88.1 Å². The zero-order valence-electron chi connectivity index (χ0n) is 33.5. The average molecular weight is 838 g/mol. The number of benzene rings is 2. The van der Waals surface area contributed by atoms with Crippen LogP contribution in [0.5, 0.6) is 11.5 Å². The fraction of sp³-hybridized carbons (Fsp3) is 0.537. The lowest BCUT2D eigenvalue weighted by Crippen LogP contribution is -2.63. The van der Waals surface area contributed by atoms with Crippen LogP contribution in [0.2, 0.25) is 0 Å². The molecule has 0 bridgehead atoms. The van der Waals surface area contributed by atoms with E-state index in [4.69, 9.17) is 14.2 Å². The van der Waals surface area contributed by atoms with E-state index in [0.717, 1.165) is 12.1 Å². The summed E-state index contributed by atoms with van der Waals surface area (Å²) in [6.07, 6.45) is 0.694. The van der Waals surface area contributed by atoms with Crippen LogP contribution in [0.1, 0.15) is 64.9 Å². The van der Waals surface area contributed by atoms with Gasteiger partial charge in [-0.25, -0.2) is 18.4 Å². The van der Waals surface area contributed by atoms with Crippen LogP contribution in [0, 0.1) is 17.6 Å². The predicted molar refractivity (Wildman–Crippen MR) is 207 cm³/mol. The number of amides is 7. The molecule has 4 fully saturated rings. The molecule has 0 aromatic heterocycles. The largest absolute Gasteiger partial charge is 0.458 e. The lowest BCUT2D eigenvalue weighted by Gasteiger charge is -2.39. The summed E-state index contributed by atoms with van der Waals surface area (Å²) >= 11 is 0. The van der Waals surface area contributed by atoms with E-state index < -0.39 is 102 Å². The molecule has 7 rings (SSSR count). The summed E-state index contributed by atoms with van der Waals surface area (Å²) in [5.41, 5.74) is 0.266. The Bertz CT molecular complexity index is 2040. The number of urea groups is 1. The van der Waals surface area contributed by atoms with E-state index in [1.165, 1.54) is 40.7 Å². The van der Waals surface area contributed by atoms with Crippen molar-refractivity contribution in [2.24, 2.45) is 5.92 Å². The van der Waals surface area contributed by atoms with E-state index in [2.05, 4.69) is 21.3 Å². The Morgan fingerprint density at radius 2 is 1.52 bits per heavy atom. The molecule has 0 saturated carbocycles. The summed E-state index contributed by atoms with van der Waals surface area (Å²) in [6, 6.07) is -0.888. The van der Waals surface area contributed by atoms with Crippen LogP contribution in [0.3, 0.4) is 0 Å². The van der Waals surface area contributed by atoms with E-state index in [9.17, 15) is 42.3 Å². The summed E-state index contributed by atoms with van der Waals surface area (Å²) in [5, 5.41) is 10.5. The lowest BCUT2D eigenvalue weighted by atomic mass is 9.99. The minimum absolute atomic E-state index is 0.000473. The van der Waals surface area contributed by atoms with Crippen LogP contribution in [0.25, 0.3) is 0 Å². The molecule has 4 N–H and O–H groups in total. The number of hydrogen-bond acceptors (Lipinski definition) is 10. The summed E-state index contributed by atoms with van der Waals surface area (Å²) in [7, 11) is 0. The molecule has 8 atom stereocenters. The Labute approximate surface area is 344 Å². The van der Waals surface area contributed by atoms with Crippen molar-refractivity contribution < 1.29 is 56.6 Å². The average Bonchev–Trinajstić information content (AvgIpc) is 3.98. The van der Waals surface area contributed by atoms with Gasteiger partial charge in [0.15, 0.2) is 11.5 Å². The van der Waals surface area contributed by atoms with E-state index in [0.29, 0.717) is 43.2 Å². The topological polar surface area (TPSA) is 205 Å². The zero-order chi connectivity index (χ0) is 42.8. The molecule has 2 aromatic rings. The number of ether oxygens (including phenoxy) is 3. The first-order valence-corrected chi connectivity index (χ1v) is 20.3. The number of piperidine rings is 1. The van der Waals surface area contributed by atoms with Crippen LogP contribution in [0.4, 0.5) is 19.3 Å². The Balaban J connectivity index is 1.20. The molecule has 19 heteroatoms. The maximum Gasteiger partial charge on any atom is 0.329 e. The molecule has 2 aromatic carbocycles. The SMILES string of the molecule is C[C@H]1C[C@H]2C(=O)O[C@@H](C)[C@H](NC(=O)[C@H](Cc3cc(F)cc(F)c3)NC(=O)Nc3ccc4c(c3)OCO4)C(=O)N3CCC[C@H]3C(=O)N3CCCC[C@H]3C(=O)N[C@@H](C)C(=O)N2C1. The molecule has 4 saturated heterocycles. The smallest absolute Gasteiger partial charge is 0.329 e. The van der Waals surface area contributed by atoms with E-state index in [1.54, 1.807) is 6.07 Å². The summed E-state index contributed by atoms with van der Waals surface area (Å²) < 4.78 is 45.3. The first-order valence-electron chi connectivity index (χ1n) is 20.3. The molecular formula is C41H49F2N7O10. The van der Waals surface area contributed by atoms with Crippen molar-refractivity contribution in [1.82, 2.24) is 30.7 Å². The lowest BCUT2D eigenvalue weighted by molar-refractivity contribution is -0.163. The van der Waals surface area contributed by atoms with Crippen LogP contribution < -0.4 is 30.7 Å². The molecule has 322 valence electrons. The number of hydrogen-bond donors (Lipinski definition) is 4. The van der Waals surface area contributed by atoms with Gasteiger partial charge in [0.2, 0.25) is 36.3 Å². The monoisotopic (exact) mass is 837 g/mol. The van der Waals surface area contributed by atoms with Gasteiger partial charge in [0, 0.05) is 43.9 Å². The van der Waals surface area contributed by atoms with Crippen molar-refractivity contribution in [3.8, 4) is 11.5 Å². The van der Waals surface area contributed by atoms with Crippen molar-refractivity contribution in [2.45, 2.75) is 108 Å². The van der Waals surface area contributed by atoms with Crippen LogP contribution in [-0.4, -0.2) is 125 Å². The summed E-state index contributed by atoms with van der Waals surface area (Å²) in [4.78, 5) is 102. The van der Waals surface area contributed by atoms with Gasteiger partial charge in [0.25, 0.3) is 0 Å². The predicted octanol–water partition coefficient (Wildman–Crippen LogP) is 1.97. The minimum Gasteiger partial charge on any atom is -0.458 e. The molecule has 60 heavy (non-hydrogen) atoms. The molecule has 5 heterocycles. The number of rotatable bonds is 6. The third kappa shape index (κ3) is 9.08. The van der Waals surface area contributed by atoms with Gasteiger partial charge >= 0.3 is 12.0 Å². The second-order valence-corrected chi connectivity index (χ2v) is 16.1. The van der Waals surface area contributed by atoms with Gasteiger partial charge in [-0.15, -0.1) is 0 Å². The van der Waals surface area contributed by atoms with Crippen LogP contribution >= 0.6 is 0 Å². The van der Waals surface area contributed by atoms with Gasteiger partial charge in [0.1, 0.15) is 54.0 Å². The molecule has 7 amide bonds. The number of nitrogens with one attached hydrogen (secondary N) is 4. The van der Waals surface area contributed by atoms with Gasteiger partial charge in [0.05, 0.1) is 0 Å². The fourth-order valence-electron chi connectivity index (χ4n) is 8.70. The van der Waals surface area contributed by atoms with E-state index >= 15 is 0 Å². The second kappa shape index (κ2) is 17.7. The second-order valence-electron chi connectivity index (χ2n) is 16.1. The number of halogens is 2. The highest BCUT2D eigenvalue weighted by molar-refractivity contribution is 5.99. The highest BCUT2D eigenvalue weighted by atomic mass is 19.1. The Kier molecular flexibility index (Phi) is 12.4. The number of anilines is 1. The molecular weight excluding hydrogens is 788 g/mol. The first kappa shape index (κ1) is 42.1. The zero-order valence-corrected chi connectivity index (χ0v) is 33.5. The Morgan fingerprint density at radius 3 is 2.28 bits per heavy atom. The van der Waals surface area contributed by atoms with Gasteiger partial charge in [-0.3, -0.25) is 24.0 Å². The number of cyclic esters (lactones) is 1. The fourth-order valence-corrected chi connectivity index (χ4v) is 8.70. The molecule has 5 aliphatic rings. The van der Waals surface area contributed by atoms with Gasteiger partial charge in [-0.2, -0.15) is 0 Å². The normalized spacial score (nSPS) is 27.6. The van der Waals surface area contributed by atoms with E-state index in [-0.39, 0.29) is 56.4 Å². The number of esters is 1. The van der Waals surface area contributed by atoms with Crippen LogP contribution in [0.15, 0.2) is 36.4 Å². The number of carbonyl (C=O) groups excluding carboxylic acids is 7. The highest BCUT2D eigenvalue weighted by Crippen LogP contribution is 2.34. The van der Waals surface area contributed by atoms with Crippen molar-refractivity contribution in [3.05, 3.63) is 53.6 Å². The van der Waals surface area contributed by atoms with Crippen molar-refractivity contribution in [3.63, 3.8) is 0 Å². The maximum absolute atomic E-state index is 14.7. The standard InChI is InChI=1S/C41H49F2N7O10/c1-21-13-31-40(56)60-23(3)34(39(55)49-12-6-8-30(49)38(54)48-11-5-4-7-29(48)36(52)44-22(2)37(53)50(31)19-21)47-35(51)28(16-24-14-25(42)17-26(43)15-24)46-41(57)45-27-9-10-32-33(18-27)59-20-58-32/h9-10,14-15,17-18,21-23,28-31,34H,4-8,11-13,16,19-20H2,1-3H3,(H,44,52)(H,47,51)(H2,45,46,57)/t21-,22-,23-,28-,29-,30-,31-,34-/m0/s1. The van der Waals surface area contributed by atoms with Crippen molar-refractivity contribution in [2.75, 3.05) is 31.7 Å². The quantitative estimate of drug-likeness (QED) is 0.312. The summed E-state index contributed by atoms with van der Waals surface area (Å²) in [5.74, 6) is -5.26. The van der Waals surface area contributed by atoms with Gasteiger partial charge < -0.3 is 50.2 Å². The molecule has 0 unspecified atom stereocenters. The Morgan fingerprint density at radius 1 is 0.817 bits per heavy atom. The highest BCUT2D eigenvalue weighted by Gasteiger charge is 2.47. The number of carbonyl (C=O) groups is 7.